The topological polar surface area (TPSA) is 103 Å². The van der Waals surface area contributed by atoms with Gasteiger partial charge in [-0.3, -0.25) is 15.3 Å². The van der Waals surface area contributed by atoms with Gasteiger partial charge in [-0.15, -0.1) is 0 Å². The molecule has 0 saturated heterocycles. The molecule has 1 aliphatic rings. The van der Waals surface area contributed by atoms with Crippen molar-refractivity contribution in [1.82, 2.24) is 24.4 Å². The highest BCUT2D eigenvalue weighted by Gasteiger charge is 2.19. The number of halogens is 2. The molecule has 0 radical (unpaired) electrons. The lowest BCUT2D eigenvalue weighted by atomic mass is 9.98. The molecule has 5 rings (SSSR count). The lowest BCUT2D eigenvalue weighted by Crippen LogP contribution is -2.35. The summed E-state index contributed by atoms with van der Waals surface area (Å²) in [7, 11) is 0. The Morgan fingerprint density at radius 2 is 1.91 bits per heavy atom. The van der Waals surface area contributed by atoms with Crippen molar-refractivity contribution in [2.24, 2.45) is 0 Å². The number of nitrogens with one attached hydrogen (secondary N) is 3. The zero-order chi connectivity index (χ0) is 24.0. The highest BCUT2D eigenvalue weighted by Crippen LogP contribution is 2.27. The van der Waals surface area contributed by atoms with Crippen LogP contribution in [-0.4, -0.2) is 37.0 Å². The summed E-state index contributed by atoms with van der Waals surface area (Å²) >= 11 is 12.5. The Kier molecular flexibility index (Phi) is 5.89. The number of rotatable bonds is 4. The van der Waals surface area contributed by atoms with Gasteiger partial charge in [-0.25, -0.2) is 14.3 Å². The second-order valence-electron chi connectivity index (χ2n) is 8.56. The van der Waals surface area contributed by atoms with Gasteiger partial charge in [0.05, 0.1) is 21.1 Å². The van der Waals surface area contributed by atoms with Crippen molar-refractivity contribution in [3.8, 4) is 5.69 Å². The Morgan fingerprint density at radius 3 is 2.65 bits per heavy atom. The highest BCUT2D eigenvalue weighted by atomic mass is 35.5. The molecule has 3 N–H and O–H groups in total. The number of nitrogens with zero attached hydrogens (tertiary/aromatic N) is 4. The van der Waals surface area contributed by atoms with Crippen molar-refractivity contribution in [1.29, 1.82) is 5.41 Å². The molecule has 2 aromatic heterocycles. The van der Waals surface area contributed by atoms with E-state index in [0.717, 1.165) is 29.8 Å². The van der Waals surface area contributed by atoms with Gasteiger partial charge < -0.3 is 5.32 Å². The van der Waals surface area contributed by atoms with Gasteiger partial charge in [0.25, 0.3) is 0 Å². The van der Waals surface area contributed by atoms with Gasteiger partial charge >= 0.3 is 5.69 Å². The molecule has 0 atom stereocenters. The number of para-hydroxylation sites is 1. The van der Waals surface area contributed by atoms with Gasteiger partial charge in [0.1, 0.15) is 5.49 Å². The molecule has 2 aromatic carbocycles. The molecule has 0 fully saturated rings. The quantitative estimate of drug-likeness (QED) is 0.389. The summed E-state index contributed by atoms with van der Waals surface area (Å²) < 4.78 is 1.12. The van der Waals surface area contributed by atoms with Crippen molar-refractivity contribution in [2.75, 3.05) is 11.9 Å². The zero-order valence-corrected chi connectivity index (χ0v) is 20.2. The van der Waals surface area contributed by atoms with Gasteiger partial charge in [0, 0.05) is 31.0 Å². The van der Waals surface area contributed by atoms with Crippen LogP contribution >= 0.6 is 23.2 Å². The molecular weight excluding hydrogens is 473 g/mol. The molecule has 0 unspecified atom stereocenters. The van der Waals surface area contributed by atoms with Crippen LogP contribution < -0.4 is 16.5 Å². The first-order chi connectivity index (χ1) is 16.3. The minimum atomic E-state index is -0.570. The van der Waals surface area contributed by atoms with Crippen molar-refractivity contribution in [3.05, 3.63) is 79.7 Å². The van der Waals surface area contributed by atoms with E-state index in [1.807, 2.05) is 6.07 Å². The monoisotopic (exact) mass is 495 g/mol. The fourth-order valence-electron chi connectivity index (χ4n) is 4.23. The maximum Gasteiger partial charge on any atom is 0.333 e. The molecule has 4 aromatic rings. The van der Waals surface area contributed by atoms with Gasteiger partial charge in [-0.2, -0.15) is 4.98 Å². The molecule has 0 aliphatic carbocycles. The van der Waals surface area contributed by atoms with Crippen LogP contribution in [0.3, 0.4) is 0 Å². The summed E-state index contributed by atoms with van der Waals surface area (Å²) in [5.41, 5.74) is 3.31. The third-order valence-corrected chi connectivity index (χ3v) is 6.70. The molecule has 34 heavy (non-hydrogen) atoms. The number of H-pyrrole nitrogens is 1. The number of fused-ring (bicyclic) bond motifs is 2. The van der Waals surface area contributed by atoms with E-state index in [1.165, 1.54) is 17.3 Å². The highest BCUT2D eigenvalue weighted by molar-refractivity contribution is 6.37. The van der Waals surface area contributed by atoms with Crippen LogP contribution in [0.25, 0.3) is 16.7 Å². The van der Waals surface area contributed by atoms with Crippen molar-refractivity contribution < 1.29 is 0 Å². The smallest absolute Gasteiger partial charge is 0.324 e. The molecule has 174 valence electrons. The van der Waals surface area contributed by atoms with Crippen LogP contribution in [0.2, 0.25) is 10.0 Å². The zero-order valence-electron chi connectivity index (χ0n) is 18.7. The number of aromatic amines is 1. The van der Waals surface area contributed by atoms with E-state index in [4.69, 9.17) is 28.6 Å². The van der Waals surface area contributed by atoms with Crippen molar-refractivity contribution in [3.63, 3.8) is 0 Å². The Morgan fingerprint density at radius 1 is 1.15 bits per heavy atom. The van der Waals surface area contributed by atoms with E-state index in [2.05, 4.69) is 51.1 Å². The predicted molar refractivity (Wildman–Crippen MR) is 134 cm³/mol. The van der Waals surface area contributed by atoms with Crippen LogP contribution in [0, 0.1) is 5.41 Å². The summed E-state index contributed by atoms with van der Waals surface area (Å²) in [6.07, 6.45) is 2.53. The van der Waals surface area contributed by atoms with Gasteiger partial charge in [-0.1, -0.05) is 35.3 Å². The Hall–Kier alpha value is -3.20. The largest absolute Gasteiger partial charge is 0.333 e. The third-order valence-electron chi connectivity index (χ3n) is 6.09. The first-order valence-corrected chi connectivity index (χ1v) is 11.7. The number of aromatic nitrogens is 4. The van der Waals surface area contributed by atoms with Crippen LogP contribution in [0.15, 0.2) is 47.4 Å². The second-order valence-corrected chi connectivity index (χ2v) is 9.38. The number of hydrogen-bond donors (Lipinski definition) is 3. The Balaban J connectivity index is 1.50. The Labute approximate surface area is 205 Å². The van der Waals surface area contributed by atoms with Crippen molar-refractivity contribution in [2.45, 2.75) is 32.9 Å². The first kappa shape index (κ1) is 22.6. The van der Waals surface area contributed by atoms with E-state index < -0.39 is 5.69 Å². The fourth-order valence-corrected chi connectivity index (χ4v) is 4.80. The first-order valence-electron chi connectivity index (χ1n) is 11.0. The summed E-state index contributed by atoms with van der Waals surface area (Å²) in [6, 6.07) is 11.7. The van der Waals surface area contributed by atoms with Crippen LogP contribution in [0.4, 0.5) is 11.6 Å². The Bertz CT molecular complexity index is 1510. The predicted octanol–water partition coefficient (Wildman–Crippen LogP) is 4.41. The molecule has 1 aliphatic heterocycles. The summed E-state index contributed by atoms with van der Waals surface area (Å²) in [6.45, 7) is 6.39. The number of anilines is 2. The maximum absolute atomic E-state index is 12.9. The second kappa shape index (κ2) is 8.87. The lowest BCUT2D eigenvalue weighted by molar-refractivity contribution is 0.203. The van der Waals surface area contributed by atoms with Gasteiger partial charge in [-0.05, 0) is 55.7 Å². The van der Waals surface area contributed by atoms with Crippen LogP contribution in [0.5, 0.6) is 0 Å². The van der Waals surface area contributed by atoms with E-state index in [-0.39, 0.29) is 26.9 Å². The minimum Gasteiger partial charge on any atom is -0.324 e. The molecule has 0 spiro atoms. The lowest BCUT2D eigenvalue weighted by Gasteiger charge is -2.32. The van der Waals surface area contributed by atoms with Gasteiger partial charge in [0.15, 0.2) is 5.65 Å². The summed E-state index contributed by atoms with van der Waals surface area (Å²) in [5, 5.41) is 12.7. The van der Waals surface area contributed by atoms with Crippen LogP contribution in [-0.2, 0) is 13.0 Å². The SMILES string of the molecule is CC(C)N1CCc2ccc(Nc3ncc4c(=N)n(-c5c(Cl)cccc5Cl)c(=O)[nH]c4n3)cc2C1. The van der Waals surface area contributed by atoms with E-state index in [0.29, 0.717) is 17.4 Å². The summed E-state index contributed by atoms with van der Waals surface area (Å²) in [4.78, 5) is 26.8. The van der Waals surface area contributed by atoms with Gasteiger partial charge in [0.2, 0.25) is 5.95 Å². The maximum atomic E-state index is 12.9. The van der Waals surface area contributed by atoms with Crippen molar-refractivity contribution >= 4 is 45.9 Å². The average molecular weight is 496 g/mol. The molecule has 0 bridgehead atoms. The molecule has 0 saturated carbocycles. The van der Waals surface area contributed by atoms with E-state index in [9.17, 15) is 4.79 Å². The number of benzene rings is 2. The number of hydrogen-bond acceptors (Lipinski definition) is 6. The molecule has 8 nitrogen and oxygen atoms in total. The van der Waals surface area contributed by atoms with E-state index in [1.54, 1.807) is 18.2 Å². The normalized spacial score (nSPS) is 13.9. The molecule has 0 amide bonds. The molecule has 10 heteroatoms. The minimum absolute atomic E-state index is 0.108. The fraction of sp³-hybridized carbons (Fsp3) is 0.250. The van der Waals surface area contributed by atoms with E-state index >= 15 is 0 Å². The molecular formula is C24H23Cl2N7O. The summed E-state index contributed by atoms with van der Waals surface area (Å²) in [5.74, 6) is 0.326. The molecule has 3 heterocycles. The van der Waals surface area contributed by atoms with Crippen LogP contribution in [0.1, 0.15) is 25.0 Å². The standard InChI is InChI=1S/C24H23Cl2N7O/c1-13(2)32-9-8-14-6-7-16(10-15(14)12-32)29-23-28-11-17-21(27)33(24(34)31-22(17)30-23)20-18(25)4-3-5-19(20)26/h3-7,10-11,13,27H,8-9,12H2,1-2H3,(H2,28,29,30,31,34). The average Bonchev–Trinajstić information content (AvgIpc) is 2.80. The third kappa shape index (κ3) is 4.09.